The Balaban J connectivity index is 3.19. The summed E-state index contributed by atoms with van der Waals surface area (Å²) >= 11 is 0. The quantitative estimate of drug-likeness (QED) is 0.794. The Labute approximate surface area is 107 Å². The van der Waals surface area contributed by atoms with E-state index in [0.717, 1.165) is 24.7 Å². The van der Waals surface area contributed by atoms with E-state index < -0.39 is 18.3 Å². The normalized spacial score (nSPS) is 14.1. The van der Waals surface area contributed by atoms with Crippen molar-refractivity contribution < 1.29 is 17.9 Å². The molecule has 0 amide bonds. The van der Waals surface area contributed by atoms with E-state index in [9.17, 15) is 13.2 Å². The fourth-order valence-corrected chi connectivity index (χ4v) is 1.32. The van der Waals surface area contributed by atoms with Crippen molar-refractivity contribution in [1.82, 2.24) is 4.98 Å². The number of hydrogen-bond acceptors (Lipinski definition) is 5. The standard InChI is InChI=1S/C11H13F3N4O/c1-19-11-8(2-6(12)4-18-11)9(10(13)14)17-5-7(16)3-15/h2-5,9-10H,15-16H2,1H3/b7-3+,17-5?. The second kappa shape index (κ2) is 6.62. The first-order valence-electron chi connectivity index (χ1n) is 5.17. The van der Waals surface area contributed by atoms with Crippen molar-refractivity contribution in [2.75, 3.05) is 7.11 Å². The molecule has 0 fully saturated rings. The Hall–Kier alpha value is -2.25. The Kier molecular flexibility index (Phi) is 5.16. The highest BCUT2D eigenvalue weighted by atomic mass is 19.3. The van der Waals surface area contributed by atoms with Crippen LogP contribution in [0, 0.1) is 5.82 Å². The van der Waals surface area contributed by atoms with Gasteiger partial charge in [0.05, 0.1) is 19.0 Å². The van der Waals surface area contributed by atoms with Crippen LogP contribution in [0.5, 0.6) is 5.88 Å². The maximum Gasteiger partial charge on any atom is 0.264 e. The smallest absolute Gasteiger partial charge is 0.264 e. The van der Waals surface area contributed by atoms with Gasteiger partial charge in [-0.1, -0.05) is 0 Å². The zero-order valence-electron chi connectivity index (χ0n) is 10.1. The zero-order chi connectivity index (χ0) is 14.4. The molecule has 0 aliphatic carbocycles. The van der Waals surface area contributed by atoms with E-state index in [0.29, 0.717) is 0 Å². The van der Waals surface area contributed by atoms with Gasteiger partial charge in [-0.3, -0.25) is 4.99 Å². The first-order valence-corrected chi connectivity index (χ1v) is 5.17. The highest BCUT2D eigenvalue weighted by Crippen LogP contribution is 2.31. The number of alkyl halides is 2. The molecule has 0 saturated carbocycles. The monoisotopic (exact) mass is 274 g/mol. The van der Waals surface area contributed by atoms with Gasteiger partial charge < -0.3 is 16.2 Å². The lowest BCUT2D eigenvalue weighted by atomic mass is 10.1. The number of pyridine rings is 1. The van der Waals surface area contributed by atoms with Crippen molar-refractivity contribution in [3.8, 4) is 5.88 Å². The predicted molar refractivity (Wildman–Crippen MR) is 64.4 cm³/mol. The van der Waals surface area contributed by atoms with Gasteiger partial charge in [0.1, 0.15) is 11.9 Å². The lowest BCUT2D eigenvalue weighted by Crippen LogP contribution is -2.11. The Morgan fingerprint density at radius 2 is 2.21 bits per heavy atom. The number of nitrogens with two attached hydrogens (primary N) is 2. The molecule has 0 spiro atoms. The van der Waals surface area contributed by atoms with Crippen LogP contribution in [0.15, 0.2) is 29.2 Å². The molecule has 0 radical (unpaired) electrons. The van der Waals surface area contributed by atoms with E-state index in [4.69, 9.17) is 16.2 Å². The van der Waals surface area contributed by atoms with Gasteiger partial charge in [0.2, 0.25) is 5.88 Å². The summed E-state index contributed by atoms with van der Waals surface area (Å²) in [5, 5.41) is 0. The third-order valence-electron chi connectivity index (χ3n) is 2.17. The number of aromatic nitrogens is 1. The van der Waals surface area contributed by atoms with Gasteiger partial charge in [-0.2, -0.15) is 0 Å². The fraction of sp³-hybridized carbons (Fsp3) is 0.273. The third kappa shape index (κ3) is 3.87. The molecule has 4 N–H and O–H groups in total. The topological polar surface area (TPSA) is 86.5 Å². The minimum atomic E-state index is -2.88. The molecule has 0 bridgehead atoms. The van der Waals surface area contributed by atoms with Crippen molar-refractivity contribution in [2.45, 2.75) is 12.5 Å². The van der Waals surface area contributed by atoms with Gasteiger partial charge in [0.15, 0.2) is 0 Å². The molecular weight excluding hydrogens is 261 g/mol. The fourth-order valence-electron chi connectivity index (χ4n) is 1.32. The molecular formula is C11H13F3N4O. The summed E-state index contributed by atoms with van der Waals surface area (Å²) in [5.74, 6) is -0.891. The average molecular weight is 274 g/mol. The summed E-state index contributed by atoms with van der Waals surface area (Å²) < 4.78 is 43.9. The van der Waals surface area contributed by atoms with Gasteiger partial charge in [0.25, 0.3) is 6.43 Å². The molecule has 1 heterocycles. The maximum absolute atomic E-state index is 13.1. The Bertz CT molecular complexity index is 491. The van der Waals surface area contributed by atoms with E-state index in [-0.39, 0.29) is 17.1 Å². The van der Waals surface area contributed by atoms with Crippen LogP contribution in [-0.2, 0) is 0 Å². The average Bonchev–Trinajstić information content (AvgIpc) is 2.38. The first kappa shape index (κ1) is 14.8. The summed E-state index contributed by atoms with van der Waals surface area (Å²) in [4.78, 5) is 7.15. The van der Waals surface area contributed by atoms with E-state index in [1.165, 1.54) is 7.11 Å². The molecule has 1 aromatic rings. The number of methoxy groups -OCH3 is 1. The molecule has 104 valence electrons. The van der Waals surface area contributed by atoms with Crippen LogP contribution in [-0.4, -0.2) is 24.7 Å². The second-order valence-electron chi connectivity index (χ2n) is 3.48. The van der Waals surface area contributed by atoms with Crippen molar-refractivity contribution in [1.29, 1.82) is 0 Å². The van der Waals surface area contributed by atoms with Crippen LogP contribution in [0.25, 0.3) is 0 Å². The minimum Gasteiger partial charge on any atom is -0.481 e. The SMILES string of the molecule is COc1ncc(F)cc1C(N=C/C(N)=C\N)C(F)F. The molecule has 1 unspecified atom stereocenters. The number of halogens is 3. The summed E-state index contributed by atoms with van der Waals surface area (Å²) in [7, 11) is 1.24. The van der Waals surface area contributed by atoms with Gasteiger partial charge in [0, 0.05) is 18.0 Å². The van der Waals surface area contributed by atoms with Gasteiger partial charge in [-0.05, 0) is 6.07 Å². The molecule has 0 saturated heterocycles. The van der Waals surface area contributed by atoms with Crippen molar-refractivity contribution in [3.05, 3.63) is 35.5 Å². The van der Waals surface area contributed by atoms with Crippen LogP contribution in [0.1, 0.15) is 11.6 Å². The van der Waals surface area contributed by atoms with Gasteiger partial charge in [-0.15, -0.1) is 0 Å². The van der Waals surface area contributed by atoms with Crippen LogP contribution < -0.4 is 16.2 Å². The van der Waals surface area contributed by atoms with Crippen molar-refractivity contribution in [3.63, 3.8) is 0 Å². The number of hydrogen-bond donors (Lipinski definition) is 2. The third-order valence-corrected chi connectivity index (χ3v) is 2.17. The lowest BCUT2D eigenvalue weighted by molar-refractivity contribution is 0.116. The largest absolute Gasteiger partial charge is 0.481 e. The van der Waals surface area contributed by atoms with E-state index in [1.54, 1.807) is 0 Å². The predicted octanol–water partition coefficient (Wildman–Crippen LogP) is 1.37. The van der Waals surface area contributed by atoms with Crippen LogP contribution >= 0.6 is 0 Å². The summed E-state index contributed by atoms with van der Waals surface area (Å²) in [6, 6.07) is -0.751. The first-order chi connectivity index (χ1) is 8.99. The van der Waals surface area contributed by atoms with Crippen LogP contribution in [0.4, 0.5) is 13.2 Å². The molecule has 5 nitrogen and oxygen atoms in total. The Morgan fingerprint density at radius 3 is 2.74 bits per heavy atom. The number of allylic oxidation sites excluding steroid dienone is 1. The van der Waals surface area contributed by atoms with E-state index in [1.807, 2.05) is 0 Å². The van der Waals surface area contributed by atoms with Gasteiger partial charge in [-0.25, -0.2) is 18.2 Å². The molecule has 8 heteroatoms. The molecule has 0 aromatic carbocycles. The zero-order valence-corrected chi connectivity index (χ0v) is 10.1. The maximum atomic E-state index is 13.1. The number of ether oxygens (including phenoxy) is 1. The highest BCUT2D eigenvalue weighted by molar-refractivity contribution is 5.77. The minimum absolute atomic E-state index is 0.00831. The van der Waals surface area contributed by atoms with Gasteiger partial charge >= 0.3 is 0 Å². The molecule has 1 aromatic heterocycles. The second-order valence-corrected chi connectivity index (χ2v) is 3.48. The summed E-state index contributed by atoms with van der Waals surface area (Å²) in [6.07, 6.45) is -0.0314. The lowest BCUT2D eigenvalue weighted by Gasteiger charge is -2.14. The molecule has 1 atom stereocenters. The molecule has 0 aliphatic heterocycles. The summed E-state index contributed by atoms with van der Waals surface area (Å²) in [6.45, 7) is 0. The highest BCUT2D eigenvalue weighted by Gasteiger charge is 2.26. The Morgan fingerprint density at radius 1 is 1.53 bits per heavy atom. The number of aliphatic imine (C=N–C) groups is 1. The number of rotatable bonds is 5. The van der Waals surface area contributed by atoms with Crippen LogP contribution in [0.2, 0.25) is 0 Å². The van der Waals surface area contributed by atoms with Crippen molar-refractivity contribution in [2.24, 2.45) is 16.5 Å². The van der Waals surface area contributed by atoms with Crippen LogP contribution in [0.3, 0.4) is 0 Å². The molecule has 1 rings (SSSR count). The summed E-state index contributed by atoms with van der Waals surface area (Å²) in [5.41, 5.74) is 10.3. The molecule has 19 heavy (non-hydrogen) atoms. The number of nitrogens with zero attached hydrogens (tertiary/aromatic N) is 2. The van der Waals surface area contributed by atoms with E-state index >= 15 is 0 Å². The molecule has 0 aliphatic rings. The van der Waals surface area contributed by atoms with Crippen molar-refractivity contribution >= 4 is 6.21 Å². The van der Waals surface area contributed by atoms with E-state index in [2.05, 4.69) is 9.98 Å².